The van der Waals surface area contributed by atoms with Crippen LogP contribution >= 0.6 is 0 Å². The molecule has 5 rings (SSSR count). The van der Waals surface area contributed by atoms with E-state index in [9.17, 15) is 4.79 Å². The summed E-state index contributed by atoms with van der Waals surface area (Å²) in [5.41, 5.74) is 7.13. The number of nitrogens with one attached hydrogen (secondary N) is 1. The van der Waals surface area contributed by atoms with Crippen LogP contribution in [0.1, 0.15) is 27.4 Å². The van der Waals surface area contributed by atoms with Crippen LogP contribution in [0.25, 0.3) is 22.0 Å². The van der Waals surface area contributed by atoms with E-state index >= 15 is 0 Å². The van der Waals surface area contributed by atoms with Gasteiger partial charge in [0, 0.05) is 47.9 Å². The highest BCUT2D eigenvalue weighted by molar-refractivity contribution is 5.94. The molecule has 2 aromatic heterocycles. The van der Waals surface area contributed by atoms with E-state index in [4.69, 9.17) is 0 Å². The van der Waals surface area contributed by atoms with Crippen molar-refractivity contribution in [3.63, 3.8) is 0 Å². The summed E-state index contributed by atoms with van der Waals surface area (Å²) in [6.07, 6.45) is 4.02. The Hall–Kier alpha value is -3.47. The number of nitrogens with zero attached hydrogens (tertiary/aromatic N) is 3. The van der Waals surface area contributed by atoms with Crippen LogP contribution in [0.2, 0.25) is 0 Å². The molecule has 2 aromatic carbocycles. The topological polar surface area (TPSA) is 61.9 Å². The fourth-order valence-corrected chi connectivity index (χ4v) is 3.86. The van der Waals surface area contributed by atoms with Crippen molar-refractivity contribution in [2.45, 2.75) is 19.9 Å². The lowest BCUT2D eigenvalue weighted by molar-refractivity contribution is 0.0728. The quantitative estimate of drug-likeness (QED) is 0.579. The van der Waals surface area contributed by atoms with E-state index in [1.807, 2.05) is 17.9 Å². The predicted octanol–water partition coefficient (Wildman–Crippen LogP) is 4.13. The Morgan fingerprint density at radius 1 is 1.04 bits per heavy atom. The molecule has 0 saturated heterocycles. The van der Waals surface area contributed by atoms with E-state index in [1.165, 1.54) is 27.8 Å². The summed E-state index contributed by atoms with van der Waals surface area (Å²) in [5, 5.41) is 1.18. The number of hydrogen-bond acceptors (Lipinski definition) is 3. The number of rotatable bonds is 2. The van der Waals surface area contributed by atoms with E-state index in [2.05, 4.69) is 57.4 Å². The highest BCUT2D eigenvalue weighted by Crippen LogP contribution is 2.31. The van der Waals surface area contributed by atoms with Crippen molar-refractivity contribution in [3.8, 4) is 11.1 Å². The van der Waals surface area contributed by atoms with Gasteiger partial charge in [-0.25, -0.2) is 4.98 Å². The highest BCUT2D eigenvalue weighted by Gasteiger charge is 2.25. The van der Waals surface area contributed by atoms with Crippen LogP contribution in [0, 0.1) is 6.92 Å². The average Bonchev–Trinajstić information content (AvgIpc) is 3.11. The Labute approximate surface area is 163 Å². The molecule has 0 saturated carbocycles. The van der Waals surface area contributed by atoms with Crippen LogP contribution in [-0.4, -0.2) is 32.3 Å². The Morgan fingerprint density at radius 2 is 1.89 bits per heavy atom. The Bertz CT molecular complexity index is 1160. The van der Waals surface area contributed by atoms with Gasteiger partial charge in [-0.3, -0.25) is 9.78 Å². The van der Waals surface area contributed by atoms with Crippen LogP contribution in [-0.2, 0) is 13.0 Å². The molecule has 28 heavy (non-hydrogen) atoms. The molecule has 4 aromatic rings. The first-order valence-electron chi connectivity index (χ1n) is 9.46. The fraction of sp³-hybridized carbons (Fsp3) is 0.174. The third kappa shape index (κ3) is 2.85. The summed E-state index contributed by atoms with van der Waals surface area (Å²) in [4.78, 5) is 26.7. The van der Waals surface area contributed by atoms with E-state index in [-0.39, 0.29) is 5.91 Å². The van der Waals surface area contributed by atoms with Crippen molar-refractivity contribution >= 4 is 16.8 Å². The normalized spacial score (nSPS) is 13.5. The summed E-state index contributed by atoms with van der Waals surface area (Å²) in [5.74, 6) is -0.0632. The number of carbonyl (C=O) groups excluding carboxylic acids is 1. The first-order valence-corrected chi connectivity index (χ1v) is 9.46. The fourth-order valence-electron chi connectivity index (χ4n) is 3.86. The smallest absolute Gasteiger partial charge is 0.274 e. The Morgan fingerprint density at radius 3 is 2.68 bits per heavy atom. The number of aromatic nitrogens is 3. The molecule has 1 aliphatic heterocycles. The van der Waals surface area contributed by atoms with E-state index in [1.54, 1.807) is 12.4 Å². The summed E-state index contributed by atoms with van der Waals surface area (Å²) >= 11 is 0. The second-order valence-corrected chi connectivity index (χ2v) is 7.23. The second kappa shape index (κ2) is 6.60. The zero-order valence-electron chi connectivity index (χ0n) is 15.6. The molecule has 0 bridgehead atoms. The van der Waals surface area contributed by atoms with Gasteiger partial charge in [0.25, 0.3) is 5.91 Å². The molecule has 138 valence electrons. The molecule has 0 fully saturated rings. The molecule has 1 aliphatic rings. The van der Waals surface area contributed by atoms with Crippen LogP contribution in [0.4, 0.5) is 0 Å². The SMILES string of the molecule is Cc1cnc(C(=O)N2CCc3[nH]c4ccc(-c5ccccc5)cc4c3C2)cn1. The molecule has 1 amide bonds. The second-order valence-electron chi connectivity index (χ2n) is 7.23. The number of H-pyrrole nitrogens is 1. The van der Waals surface area contributed by atoms with Crippen LogP contribution in [0.15, 0.2) is 60.9 Å². The number of benzene rings is 2. The van der Waals surface area contributed by atoms with Gasteiger partial charge < -0.3 is 9.88 Å². The van der Waals surface area contributed by atoms with Gasteiger partial charge in [-0.15, -0.1) is 0 Å². The molecule has 1 N–H and O–H groups in total. The molecular weight excluding hydrogens is 348 g/mol. The largest absolute Gasteiger partial charge is 0.358 e. The van der Waals surface area contributed by atoms with E-state index in [0.717, 1.165) is 17.6 Å². The minimum atomic E-state index is -0.0632. The van der Waals surface area contributed by atoms with Crippen LogP contribution < -0.4 is 0 Å². The lowest BCUT2D eigenvalue weighted by Crippen LogP contribution is -2.36. The zero-order valence-corrected chi connectivity index (χ0v) is 15.6. The van der Waals surface area contributed by atoms with Gasteiger partial charge >= 0.3 is 0 Å². The number of amides is 1. The molecule has 0 spiro atoms. The number of hydrogen-bond donors (Lipinski definition) is 1. The number of aryl methyl sites for hydroxylation is 1. The minimum Gasteiger partial charge on any atom is -0.358 e. The van der Waals surface area contributed by atoms with Gasteiger partial charge in [0.1, 0.15) is 5.69 Å². The van der Waals surface area contributed by atoms with Crippen molar-refractivity contribution in [2.24, 2.45) is 0 Å². The van der Waals surface area contributed by atoms with Gasteiger partial charge in [0.2, 0.25) is 0 Å². The first-order chi connectivity index (χ1) is 13.7. The monoisotopic (exact) mass is 368 g/mol. The molecule has 5 heteroatoms. The molecule has 0 atom stereocenters. The molecular formula is C23H20N4O. The molecule has 0 unspecified atom stereocenters. The van der Waals surface area contributed by atoms with Gasteiger partial charge in [-0.05, 0) is 30.2 Å². The number of fused-ring (bicyclic) bond motifs is 3. The Balaban J connectivity index is 1.50. The summed E-state index contributed by atoms with van der Waals surface area (Å²) in [7, 11) is 0. The van der Waals surface area contributed by atoms with Crippen molar-refractivity contribution in [1.82, 2.24) is 19.9 Å². The van der Waals surface area contributed by atoms with Crippen molar-refractivity contribution in [3.05, 3.63) is 83.6 Å². The maximum atomic E-state index is 12.9. The van der Waals surface area contributed by atoms with Gasteiger partial charge in [-0.2, -0.15) is 0 Å². The lowest BCUT2D eigenvalue weighted by Gasteiger charge is -2.27. The lowest BCUT2D eigenvalue weighted by atomic mass is 10.00. The zero-order chi connectivity index (χ0) is 19.1. The van der Waals surface area contributed by atoms with E-state index in [0.29, 0.717) is 18.8 Å². The third-order valence-electron chi connectivity index (χ3n) is 5.37. The molecule has 0 radical (unpaired) electrons. The van der Waals surface area contributed by atoms with Gasteiger partial charge in [0.15, 0.2) is 0 Å². The molecule has 3 heterocycles. The highest BCUT2D eigenvalue weighted by atomic mass is 16.2. The predicted molar refractivity (Wildman–Crippen MR) is 109 cm³/mol. The minimum absolute atomic E-state index is 0.0632. The molecule has 5 nitrogen and oxygen atoms in total. The summed E-state index contributed by atoms with van der Waals surface area (Å²) < 4.78 is 0. The average molecular weight is 368 g/mol. The number of carbonyl (C=O) groups is 1. The Kier molecular flexibility index (Phi) is 3.93. The maximum Gasteiger partial charge on any atom is 0.274 e. The molecule has 0 aliphatic carbocycles. The summed E-state index contributed by atoms with van der Waals surface area (Å²) in [6, 6.07) is 16.9. The van der Waals surface area contributed by atoms with Crippen molar-refractivity contribution in [1.29, 1.82) is 0 Å². The standard InChI is InChI=1S/C23H20N4O/c1-15-12-25-22(13-24-15)23(28)27-10-9-21-19(14-27)18-11-17(7-8-20(18)26-21)16-5-3-2-4-6-16/h2-8,11-13,26H,9-10,14H2,1H3. The van der Waals surface area contributed by atoms with Crippen molar-refractivity contribution in [2.75, 3.05) is 6.54 Å². The van der Waals surface area contributed by atoms with Crippen LogP contribution in [0.5, 0.6) is 0 Å². The van der Waals surface area contributed by atoms with E-state index < -0.39 is 0 Å². The summed E-state index contributed by atoms with van der Waals surface area (Å²) in [6.45, 7) is 3.13. The van der Waals surface area contributed by atoms with Gasteiger partial charge in [0.05, 0.1) is 11.9 Å². The van der Waals surface area contributed by atoms with Crippen LogP contribution in [0.3, 0.4) is 0 Å². The maximum absolute atomic E-state index is 12.9. The number of aromatic amines is 1. The third-order valence-corrected chi connectivity index (χ3v) is 5.37. The first kappa shape index (κ1) is 16.7. The van der Waals surface area contributed by atoms with Gasteiger partial charge in [-0.1, -0.05) is 36.4 Å². The van der Waals surface area contributed by atoms with Crippen molar-refractivity contribution < 1.29 is 4.79 Å².